The van der Waals surface area contributed by atoms with Crippen LogP contribution in [0, 0.1) is 0 Å². The van der Waals surface area contributed by atoms with Gasteiger partial charge in [-0.15, -0.1) is 0 Å². The molecule has 0 unspecified atom stereocenters. The Morgan fingerprint density at radius 2 is 1.44 bits per heavy atom. The summed E-state index contributed by atoms with van der Waals surface area (Å²) in [6.45, 7) is 4.20. The number of aliphatic carboxylic acids is 1. The topological polar surface area (TPSA) is 155 Å². The van der Waals surface area contributed by atoms with Crippen molar-refractivity contribution in [3.63, 3.8) is 0 Å². The van der Waals surface area contributed by atoms with Gasteiger partial charge in [-0.05, 0) is 0 Å². The highest BCUT2D eigenvalue weighted by Crippen LogP contribution is 2.28. The minimum absolute atomic E-state index is 0.367. The van der Waals surface area contributed by atoms with Gasteiger partial charge < -0.3 is 29.4 Å². The Labute approximate surface area is 155 Å². The molecule has 11 nitrogen and oxygen atoms in total. The molecule has 2 N–H and O–H groups in total. The van der Waals surface area contributed by atoms with E-state index in [0.717, 1.165) is 20.8 Å². The van der Waals surface area contributed by atoms with E-state index >= 15 is 0 Å². The van der Waals surface area contributed by atoms with Gasteiger partial charge in [0.05, 0.1) is 18.6 Å². The van der Waals surface area contributed by atoms with Gasteiger partial charge >= 0.3 is 23.9 Å². The molecule has 0 aromatic rings. The zero-order valence-corrected chi connectivity index (χ0v) is 15.4. The van der Waals surface area contributed by atoms with Crippen molar-refractivity contribution in [2.75, 3.05) is 6.61 Å². The van der Waals surface area contributed by atoms with Crippen molar-refractivity contribution in [1.82, 2.24) is 5.32 Å². The first-order valence-electron chi connectivity index (χ1n) is 8.13. The molecule has 1 rings (SSSR count). The fourth-order valence-corrected chi connectivity index (χ4v) is 2.77. The van der Waals surface area contributed by atoms with Crippen molar-refractivity contribution in [3.05, 3.63) is 0 Å². The van der Waals surface area contributed by atoms with Crippen molar-refractivity contribution in [3.8, 4) is 0 Å². The van der Waals surface area contributed by atoms with Crippen molar-refractivity contribution < 1.29 is 48.0 Å². The van der Waals surface area contributed by atoms with Gasteiger partial charge in [-0.2, -0.15) is 0 Å². The smallest absolute Gasteiger partial charge is 0.306 e. The predicted octanol–water partition coefficient (Wildman–Crippen LogP) is -0.840. The van der Waals surface area contributed by atoms with Gasteiger partial charge in [0.25, 0.3) is 0 Å². The van der Waals surface area contributed by atoms with Crippen LogP contribution >= 0.6 is 0 Å². The lowest BCUT2D eigenvalue weighted by Crippen LogP contribution is -2.66. The van der Waals surface area contributed by atoms with E-state index in [1.54, 1.807) is 0 Å². The molecule has 0 radical (unpaired) electrons. The maximum absolute atomic E-state index is 11.6. The normalized spacial score (nSPS) is 27.2. The lowest BCUT2D eigenvalue weighted by Gasteiger charge is -2.45. The molecule has 27 heavy (non-hydrogen) atoms. The summed E-state index contributed by atoms with van der Waals surface area (Å²) >= 11 is 0. The van der Waals surface area contributed by atoms with E-state index in [9.17, 15) is 24.0 Å². The maximum atomic E-state index is 11.6. The molecular weight excluding hydrogens is 366 g/mol. The number of carbonyl (C=O) groups is 5. The van der Waals surface area contributed by atoms with Crippen LogP contribution in [0.3, 0.4) is 0 Å². The number of amides is 1. The second-order valence-electron chi connectivity index (χ2n) is 5.99. The molecule has 1 aliphatic heterocycles. The average Bonchev–Trinajstić information content (AvgIpc) is 2.49. The third kappa shape index (κ3) is 7.21. The average molecular weight is 389 g/mol. The van der Waals surface area contributed by atoms with Crippen molar-refractivity contribution in [1.29, 1.82) is 0 Å². The van der Waals surface area contributed by atoms with Crippen LogP contribution in [0.25, 0.3) is 0 Å². The van der Waals surface area contributed by atoms with E-state index in [-0.39, 0.29) is 6.61 Å². The van der Waals surface area contributed by atoms with Crippen LogP contribution in [0.15, 0.2) is 0 Å². The molecule has 11 heteroatoms. The number of carbonyl (C=O) groups excluding carboxylic acids is 4. The van der Waals surface area contributed by atoms with Crippen LogP contribution < -0.4 is 5.32 Å². The van der Waals surface area contributed by atoms with Crippen molar-refractivity contribution in [2.45, 2.75) is 64.6 Å². The molecule has 0 aliphatic carbocycles. The predicted molar refractivity (Wildman–Crippen MR) is 86.3 cm³/mol. The van der Waals surface area contributed by atoms with Crippen molar-refractivity contribution >= 4 is 29.8 Å². The first-order valence-corrected chi connectivity index (χ1v) is 8.13. The van der Waals surface area contributed by atoms with Crippen LogP contribution in [0.1, 0.15) is 34.1 Å². The molecule has 1 aliphatic rings. The highest BCUT2D eigenvalue weighted by atomic mass is 16.6. The monoisotopic (exact) mass is 389 g/mol. The van der Waals surface area contributed by atoms with E-state index in [1.807, 2.05) is 0 Å². The number of nitrogens with one attached hydrogen (secondary N) is 1. The first kappa shape index (κ1) is 22.4. The largest absolute Gasteiger partial charge is 0.481 e. The highest BCUT2D eigenvalue weighted by Gasteiger charge is 2.51. The Balaban J connectivity index is 3.29. The quantitative estimate of drug-likeness (QED) is 0.416. The van der Waals surface area contributed by atoms with E-state index in [2.05, 4.69) is 5.32 Å². The Bertz CT molecular complexity index is 604. The first-order chi connectivity index (χ1) is 12.5. The van der Waals surface area contributed by atoms with Gasteiger partial charge in [0.2, 0.25) is 5.91 Å². The van der Waals surface area contributed by atoms with Crippen LogP contribution in [0.4, 0.5) is 0 Å². The van der Waals surface area contributed by atoms with Gasteiger partial charge in [-0.3, -0.25) is 24.0 Å². The van der Waals surface area contributed by atoms with Gasteiger partial charge in [-0.25, -0.2) is 0 Å². The van der Waals surface area contributed by atoms with Gasteiger partial charge in [0.1, 0.15) is 12.7 Å². The molecule has 0 aromatic carbocycles. The maximum Gasteiger partial charge on any atom is 0.306 e. The number of carboxylic acids is 1. The van der Waals surface area contributed by atoms with Crippen molar-refractivity contribution in [2.24, 2.45) is 0 Å². The lowest BCUT2D eigenvalue weighted by molar-refractivity contribution is -0.225. The number of esters is 3. The molecule has 0 aromatic heterocycles. The van der Waals surface area contributed by atoms with Gasteiger partial charge in [0.15, 0.2) is 12.2 Å². The molecule has 1 fully saturated rings. The van der Waals surface area contributed by atoms with E-state index < -0.39 is 66.7 Å². The Hall–Kier alpha value is -2.69. The molecule has 1 heterocycles. The molecular formula is C16H23NO10. The van der Waals surface area contributed by atoms with E-state index in [1.165, 1.54) is 6.92 Å². The second-order valence-corrected chi connectivity index (χ2v) is 5.99. The summed E-state index contributed by atoms with van der Waals surface area (Å²) in [7, 11) is 0. The summed E-state index contributed by atoms with van der Waals surface area (Å²) in [5.41, 5.74) is 0. The molecule has 1 amide bonds. The molecule has 0 spiro atoms. The van der Waals surface area contributed by atoms with Gasteiger partial charge in [0, 0.05) is 27.7 Å². The Kier molecular flexibility index (Phi) is 8.16. The zero-order valence-electron chi connectivity index (χ0n) is 15.4. The van der Waals surface area contributed by atoms with Crippen LogP contribution in [-0.4, -0.2) is 72.0 Å². The number of rotatable bonds is 7. The summed E-state index contributed by atoms with van der Waals surface area (Å²) in [5, 5.41) is 11.6. The third-order valence-corrected chi connectivity index (χ3v) is 3.59. The highest BCUT2D eigenvalue weighted by molar-refractivity contribution is 5.74. The lowest BCUT2D eigenvalue weighted by atomic mass is 9.90. The molecule has 5 atom stereocenters. The number of ether oxygens (including phenoxy) is 4. The summed E-state index contributed by atoms with van der Waals surface area (Å²) < 4.78 is 20.9. The Morgan fingerprint density at radius 1 is 0.889 bits per heavy atom. The van der Waals surface area contributed by atoms with E-state index in [4.69, 9.17) is 24.1 Å². The van der Waals surface area contributed by atoms with Crippen LogP contribution in [0.2, 0.25) is 0 Å². The third-order valence-electron chi connectivity index (χ3n) is 3.59. The zero-order chi connectivity index (χ0) is 20.7. The Morgan fingerprint density at radius 3 is 1.89 bits per heavy atom. The number of carboxylic acid groups (broad SMARTS) is 1. The molecule has 0 bridgehead atoms. The fraction of sp³-hybridized carbons (Fsp3) is 0.688. The minimum atomic E-state index is -1.24. The standard InChI is InChI=1S/C16H23NO10/c1-7(18)17-14-11(5-13(22)23)27-12(6-24-8(2)19)15(25-9(3)20)16(14)26-10(4)21/h11-12,14-16H,5-6H2,1-4H3,(H,17,18)(H,22,23)/t11-,12+,14-,15-,16+/m0/s1. The molecule has 0 saturated carbocycles. The number of hydrogen-bond acceptors (Lipinski definition) is 9. The van der Waals surface area contributed by atoms with Crippen LogP contribution in [-0.2, 0) is 42.9 Å². The fourth-order valence-electron chi connectivity index (χ4n) is 2.77. The minimum Gasteiger partial charge on any atom is -0.481 e. The molecule has 1 saturated heterocycles. The van der Waals surface area contributed by atoms with E-state index in [0.29, 0.717) is 0 Å². The SMILES string of the molecule is CC(=O)N[C@@H]1[C@@H](OC(C)=O)[C@@H](OC(C)=O)[C@@H](COC(C)=O)O[C@H]1CC(=O)O. The summed E-state index contributed by atoms with van der Waals surface area (Å²) in [6, 6.07) is -1.10. The summed E-state index contributed by atoms with van der Waals surface area (Å²) in [6.07, 6.45) is -5.23. The van der Waals surface area contributed by atoms with Gasteiger partial charge in [-0.1, -0.05) is 0 Å². The summed E-state index contributed by atoms with van der Waals surface area (Å²) in [4.78, 5) is 56.9. The molecule has 152 valence electrons. The van der Waals surface area contributed by atoms with Crippen LogP contribution in [0.5, 0.6) is 0 Å². The summed E-state index contributed by atoms with van der Waals surface area (Å²) in [5.74, 6) is -3.87. The second kappa shape index (κ2) is 9.86. The number of hydrogen-bond donors (Lipinski definition) is 2.